The molecule has 192 valence electrons. The minimum absolute atomic E-state index is 0.0165. The van der Waals surface area contributed by atoms with Crippen molar-refractivity contribution in [3.63, 3.8) is 0 Å². The lowest BCUT2D eigenvalue weighted by molar-refractivity contribution is -0.143. The summed E-state index contributed by atoms with van der Waals surface area (Å²) in [5, 5.41) is 2.44. The minimum Gasteiger partial charge on any atom is -0.371 e. The van der Waals surface area contributed by atoms with Gasteiger partial charge in [-0.1, -0.05) is 12.1 Å². The number of nitrogens with one attached hydrogen (secondary N) is 1. The first-order valence-corrected chi connectivity index (χ1v) is 11.7. The topological polar surface area (TPSA) is 75.7 Å². The second kappa shape index (κ2) is 8.97. The Morgan fingerprint density at radius 1 is 1.03 bits per heavy atom. The van der Waals surface area contributed by atoms with Crippen molar-refractivity contribution < 1.29 is 48.7 Å². The number of hydrogen-bond donors (Lipinski definition) is 1. The Bertz CT molecular complexity index is 1180. The summed E-state index contributed by atoms with van der Waals surface area (Å²) in [4.78, 5) is 12.4. The summed E-state index contributed by atoms with van der Waals surface area (Å²) in [7, 11) is -4.03. The van der Waals surface area contributed by atoms with Crippen LogP contribution in [0.5, 0.6) is 0 Å². The molecule has 1 fully saturated rings. The molecule has 0 saturated carbocycles. The molecule has 2 aromatic rings. The van der Waals surface area contributed by atoms with E-state index in [1.54, 1.807) is 0 Å². The van der Waals surface area contributed by atoms with Gasteiger partial charge in [0.15, 0.2) is 0 Å². The number of rotatable bonds is 6. The van der Waals surface area contributed by atoms with E-state index in [9.17, 15) is 43.9 Å². The van der Waals surface area contributed by atoms with Gasteiger partial charge in [0.2, 0.25) is 10.0 Å². The van der Waals surface area contributed by atoms with E-state index >= 15 is 0 Å². The Balaban J connectivity index is 1.96. The minimum atomic E-state index is -5.06. The highest BCUT2D eigenvalue weighted by Crippen LogP contribution is 2.38. The zero-order chi connectivity index (χ0) is 26.4. The second-order valence-electron chi connectivity index (χ2n) is 8.08. The van der Waals surface area contributed by atoms with Crippen LogP contribution in [0.15, 0.2) is 42.5 Å². The number of benzene rings is 2. The van der Waals surface area contributed by atoms with Crippen LogP contribution in [0.4, 0.5) is 35.5 Å². The van der Waals surface area contributed by atoms with E-state index in [4.69, 9.17) is 4.74 Å². The summed E-state index contributed by atoms with van der Waals surface area (Å²) in [6.07, 6.45) is -10.7. The van der Waals surface area contributed by atoms with Gasteiger partial charge < -0.3 is 10.1 Å². The highest BCUT2D eigenvalue weighted by molar-refractivity contribution is 7.88. The van der Waals surface area contributed by atoms with E-state index in [0.717, 1.165) is 18.4 Å². The molecule has 0 bridgehead atoms. The van der Waals surface area contributed by atoms with Crippen LogP contribution >= 0.6 is 0 Å². The molecule has 2 aromatic carbocycles. The number of alkyl halides is 6. The van der Waals surface area contributed by atoms with Crippen LogP contribution in [0.3, 0.4) is 0 Å². The Morgan fingerprint density at radius 2 is 1.54 bits per heavy atom. The highest BCUT2D eigenvalue weighted by Gasteiger charge is 2.48. The molecule has 1 aliphatic heterocycles. The molecule has 35 heavy (non-hydrogen) atoms. The maximum absolute atomic E-state index is 13.4. The first kappa shape index (κ1) is 26.7. The summed E-state index contributed by atoms with van der Waals surface area (Å²) in [6.45, 7) is 0.160. The van der Waals surface area contributed by atoms with Gasteiger partial charge in [0.25, 0.3) is 0 Å². The SMILES string of the molecule is C[C@@H](OC[C@@]1(c2ccc(F)cc2)CN(S(C)(=O)=O)C(=O)N1)c1cc(C(F)(F)F)cc(C(F)(F)F)c1. The van der Waals surface area contributed by atoms with Gasteiger partial charge in [0, 0.05) is 0 Å². The zero-order valence-electron chi connectivity index (χ0n) is 18.2. The van der Waals surface area contributed by atoms with Gasteiger partial charge in [-0.25, -0.2) is 21.9 Å². The molecule has 2 atom stereocenters. The molecule has 0 unspecified atom stereocenters. The average molecular weight is 528 g/mol. The fourth-order valence-electron chi connectivity index (χ4n) is 3.57. The van der Waals surface area contributed by atoms with Crippen molar-refractivity contribution in [3.8, 4) is 0 Å². The van der Waals surface area contributed by atoms with Crippen LogP contribution in [0.2, 0.25) is 0 Å². The van der Waals surface area contributed by atoms with Gasteiger partial charge in [-0.05, 0) is 48.4 Å². The van der Waals surface area contributed by atoms with E-state index in [1.807, 2.05) is 0 Å². The third-order valence-corrected chi connectivity index (χ3v) is 6.54. The van der Waals surface area contributed by atoms with Crippen LogP contribution in [0.25, 0.3) is 0 Å². The largest absolute Gasteiger partial charge is 0.416 e. The number of nitrogens with zero attached hydrogens (tertiary/aromatic N) is 1. The monoisotopic (exact) mass is 528 g/mol. The molecule has 14 heteroatoms. The van der Waals surface area contributed by atoms with E-state index in [1.165, 1.54) is 19.1 Å². The van der Waals surface area contributed by atoms with Crippen LogP contribution in [-0.2, 0) is 32.7 Å². The van der Waals surface area contributed by atoms with Crippen molar-refractivity contribution in [1.29, 1.82) is 0 Å². The number of sulfonamides is 1. The van der Waals surface area contributed by atoms with Crippen molar-refractivity contribution in [2.24, 2.45) is 0 Å². The summed E-state index contributed by atoms with van der Waals surface area (Å²) >= 11 is 0. The number of carbonyl (C=O) groups excluding carboxylic acids is 1. The Labute approximate surface area is 195 Å². The molecule has 0 aliphatic carbocycles. The van der Waals surface area contributed by atoms with E-state index in [0.29, 0.717) is 16.4 Å². The summed E-state index contributed by atoms with van der Waals surface area (Å²) in [5.74, 6) is -0.633. The van der Waals surface area contributed by atoms with Gasteiger partial charge in [-0.2, -0.15) is 26.3 Å². The lowest BCUT2D eigenvalue weighted by atomic mass is 9.91. The molecule has 1 aliphatic rings. The number of ether oxygens (including phenoxy) is 1. The number of hydrogen-bond acceptors (Lipinski definition) is 4. The molecular formula is C21H19F7N2O4S. The lowest BCUT2D eigenvalue weighted by Gasteiger charge is -2.30. The maximum Gasteiger partial charge on any atom is 0.416 e. The predicted molar refractivity (Wildman–Crippen MR) is 109 cm³/mol. The molecule has 0 radical (unpaired) electrons. The van der Waals surface area contributed by atoms with Gasteiger partial charge in [0.05, 0.1) is 36.6 Å². The van der Waals surface area contributed by atoms with Gasteiger partial charge in [0.1, 0.15) is 11.4 Å². The molecule has 0 aromatic heterocycles. The Kier molecular flexibility index (Phi) is 6.85. The summed E-state index contributed by atoms with van der Waals surface area (Å²) < 4.78 is 123. The molecule has 1 N–H and O–H groups in total. The van der Waals surface area contributed by atoms with E-state index in [2.05, 4.69) is 5.32 Å². The van der Waals surface area contributed by atoms with Crippen molar-refractivity contribution >= 4 is 16.1 Å². The number of halogens is 7. The van der Waals surface area contributed by atoms with Crippen LogP contribution in [-0.4, -0.2) is 38.2 Å². The lowest BCUT2D eigenvalue weighted by Crippen LogP contribution is -2.45. The average Bonchev–Trinajstić information content (AvgIpc) is 3.09. The van der Waals surface area contributed by atoms with Crippen molar-refractivity contribution in [2.75, 3.05) is 19.4 Å². The fraction of sp³-hybridized carbons (Fsp3) is 0.381. The molecule has 0 spiro atoms. The van der Waals surface area contributed by atoms with Crippen molar-refractivity contribution in [2.45, 2.75) is 30.9 Å². The number of carbonyl (C=O) groups is 1. The summed E-state index contributed by atoms with van der Waals surface area (Å²) in [6, 6.07) is 4.57. The van der Waals surface area contributed by atoms with Gasteiger partial charge in [-0.3, -0.25) is 0 Å². The van der Waals surface area contributed by atoms with Crippen LogP contribution in [0, 0.1) is 5.82 Å². The quantitative estimate of drug-likeness (QED) is 0.546. The van der Waals surface area contributed by atoms with E-state index < -0.39 is 75.7 Å². The Hall–Kier alpha value is -2.87. The van der Waals surface area contributed by atoms with Crippen LogP contribution < -0.4 is 5.32 Å². The van der Waals surface area contributed by atoms with Crippen molar-refractivity contribution in [3.05, 3.63) is 70.5 Å². The zero-order valence-corrected chi connectivity index (χ0v) is 19.0. The third-order valence-electron chi connectivity index (χ3n) is 5.44. The smallest absolute Gasteiger partial charge is 0.371 e. The number of urea groups is 1. The maximum atomic E-state index is 13.4. The second-order valence-corrected chi connectivity index (χ2v) is 9.99. The first-order valence-electron chi connectivity index (χ1n) is 9.89. The molecule has 1 heterocycles. The molecule has 3 rings (SSSR count). The fourth-order valence-corrected chi connectivity index (χ4v) is 4.37. The molecular weight excluding hydrogens is 509 g/mol. The van der Waals surface area contributed by atoms with Gasteiger partial charge >= 0.3 is 18.4 Å². The first-order chi connectivity index (χ1) is 15.9. The highest BCUT2D eigenvalue weighted by atomic mass is 32.2. The normalized spacial score (nSPS) is 20.1. The molecule has 1 saturated heterocycles. The summed E-state index contributed by atoms with van der Waals surface area (Å²) in [5.41, 5.74) is -4.86. The molecule has 2 amide bonds. The predicted octanol–water partition coefficient (Wildman–Crippen LogP) is 4.82. The third kappa shape index (κ3) is 5.86. The van der Waals surface area contributed by atoms with Gasteiger partial charge in [-0.15, -0.1) is 0 Å². The van der Waals surface area contributed by atoms with Crippen LogP contribution in [0.1, 0.15) is 35.3 Å². The van der Waals surface area contributed by atoms with E-state index in [-0.39, 0.29) is 11.6 Å². The standard InChI is InChI=1S/C21H19F7N2O4S/c1-12(13-7-15(20(23,24)25)9-16(8-13)21(26,27)28)34-11-19(14-3-5-17(22)6-4-14)10-30(18(31)29-19)35(2,32)33/h3-9,12H,10-11H2,1-2H3,(H,29,31)/t12-,19-/m1/s1. The number of amides is 2. The Morgan fingerprint density at radius 3 is 1.97 bits per heavy atom. The van der Waals surface area contributed by atoms with Crippen molar-refractivity contribution in [1.82, 2.24) is 9.62 Å². The molecule has 6 nitrogen and oxygen atoms in total.